The van der Waals surface area contributed by atoms with Crippen molar-refractivity contribution in [1.29, 1.82) is 0 Å². The Morgan fingerprint density at radius 2 is 1.86 bits per heavy atom. The molecule has 0 unspecified atom stereocenters. The van der Waals surface area contributed by atoms with E-state index in [0.29, 0.717) is 36.6 Å². The van der Waals surface area contributed by atoms with Crippen molar-refractivity contribution < 1.29 is 37.0 Å². The van der Waals surface area contributed by atoms with Crippen LogP contribution in [0.25, 0.3) is 0 Å². The Kier molecular flexibility index (Phi) is 6.84. The molecular weight excluding hydrogens is 549 g/mol. The Morgan fingerprint density at radius 1 is 1.12 bits per heavy atom. The highest BCUT2D eigenvalue weighted by atomic mass is 19.4. The highest BCUT2D eigenvalue weighted by molar-refractivity contribution is 5.94. The van der Waals surface area contributed by atoms with Crippen molar-refractivity contribution in [3.63, 3.8) is 0 Å². The molecule has 1 saturated carbocycles. The van der Waals surface area contributed by atoms with Crippen molar-refractivity contribution in [3.05, 3.63) is 58.7 Å². The predicted molar refractivity (Wildman–Crippen MR) is 146 cm³/mol. The largest absolute Gasteiger partial charge is 0.483 e. The number of ketones is 1. The van der Waals surface area contributed by atoms with Crippen molar-refractivity contribution in [2.45, 2.75) is 69.3 Å². The summed E-state index contributed by atoms with van der Waals surface area (Å²) in [5.41, 5.74) is 1.26. The minimum absolute atomic E-state index is 0.118. The van der Waals surface area contributed by atoms with Crippen molar-refractivity contribution in [2.75, 3.05) is 20.1 Å². The first kappa shape index (κ1) is 28.3. The second kappa shape index (κ2) is 10.2. The number of amides is 1. The number of likely N-dealkylation sites (tertiary alicyclic amines) is 1. The van der Waals surface area contributed by atoms with Gasteiger partial charge in [0.2, 0.25) is 0 Å². The SMILES string of the molecule is CC(=O)CN1CC[C@]23c4c5ccc(OC(C)=O)c4O[C@H]2[C@H](N(C)C(=O)C#Cc2ccc(C(F)(F)F)cc2)CC[C@H]3[C@H]1C5. The molecule has 2 bridgehead atoms. The normalized spacial score (nSPS) is 27.2. The van der Waals surface area contributed by atoms with E-state index < -0.39 is 35.1 Å². The van der Waals surface area contributed by atoms with Gasteiger partial charge in [-0.25, -0.2) is 0 Å². The summed E-state index contributed by atoms with van der Waals surface area (Å²) in [5, 5.41) is 0. The predicted octanol–water partition coefficient (Wildman–Crippen LogP) is 4.14. The first-order chi connectivity index (χ1) is 19.9. The van der Waals surface area contributed by atoms with Crippen molar-refractivity contribution in [1.82, 2.24) is 9.80 Å². The quantitative estimate of drug-likeness (QED) is 0.308. The van der Waals surface area contributed by atoms with Crippen LogP contribution in [0.3, 0.4) is 0 Å². The number of nitrogens with zero attached hydrogens (tertiary/aromatic N) is 2. The lowest BCUT2D eigenvalue weighted by Gasteiger charge is -2.60. The molecule has 1 amide bonds. The molecule has 6 rings (SSSR count). The van der Waals surface area contributed by atoms with Crippen LogP contribution >= 0.6 is 0 Å². The molecule has 2 aliphatic carbocycles. The van der Waals surface area contributed by atoms with Crippen molar-refractivity contribution in [2.24, 2.45) is 5.92 Å². The number of rotatable bonds is 4. The zero-order valence-corrected chi connectivity index (χ0v) is 23.6. The maximum atomic E-state index is 13.3. The van der Waals surface area contributed by atoms with E-state index in [2.05, 4.69) is 16.7 Å². The summed E-state index contributed by atoms with van der Waals surface area (Å²) in [6, 6.07) is 7.94. The Balaban J connectivity index is 1.33. The second-order valence-corrected chi connectivity index (χ2v) is 11.8. The summed E-state index contributed by atoms with van der Waals surface area (Å²) in [6.45, 7) is 4.04. The molecule has 0 radical (unpaired) electrons. The highest BCUT2D eigenvalue weighted by Crippen LogP contribution is 2.64. The number of carbonyl (C=O) groups excluding carboxylic acids is 3. The number of hydrogen-bond donors (Lipinski definition) is 0. The van der Waals surface area contributed by atoms with E-state index in [0.717, 1.165) is 42.5 Å². The third-order valence-electron chi connectivity index (χ3n) is 9.41. The summed E-state index contributed by atoms with van der Waals surface area (Å²) < 4.78 is 51.0. The average Bonchev–Trinajstić information content (AvgIpc) is 3.28. The lowest BCUT2D eigenvalue weighted by molar-refractivity contribution is -0.137. The molecule has 42 heavy (non-hydrogen) atoms. The molecule has 7 nitrogen and oxygen atoms in total. The molecule has 4 aliphatic rings. The van der Waals surface area contributed by atoms with Gasteiger partial charge in [0.25, 0.3) is 5.91 Å². The third-order valence-corrected chi connectivity index (χ3v) is 9.41. The van der Waals surface area contributed by atoms with Crippen LogP contribution in [-0.2, 0) is 32.4 Å². The fraction of sp³-hybridized carbons (Fsp3) is 0.469. The van der Waals surface area contributed by atoms with Gasteiger partial charge in [0.05, 0.1) is 18.2 Å². The summed E-state index contributed by atoms with van der Waals surface area (Å²) >= 11 is 0. The van der Waals surface area contributed by atoms with Crippen LogP contribution in [0.2, 0.25) is 0 Å². The fourth-order valence-electron chi connectivity index (χ4n) is 7.81. The maximum absolute atomic E-state index is 13.3. The summed E-state index contributed by atoms with van der Waals surface area (Å²) in [7, 11) is 1.68. The van der Waals surface area contributed by atoms with Crippen LogP contribution in [0.5, 0.6) is 11.5 Å². The molecule has 0 aromatic heterocycles. The van der Waals surface area contributed by atoms with Gasteiger partial charge in [-0.2, -0.15) is 13.2 Å². The van der Waals surface area contributed by atoms with E-state index in [4.69, 9.17) is 9.47 Å². The Labute approximate surface area is 241 Å². The van der Waals surface area contributed by atoms with Gasteiger partial charge in [-0.15, -0.1) is 0 Å². The minimum atomic E-state index is -4.45. The van der Waals surface area contributed by atoms with Crippen LogP contribution in [0, 0.1) is 17.8 Å². The van der Waals surface area contributed by atoms with Gasteiger partial charge in [-0.1, -0.05) is 12.0 Å². The molecule has 1 spiro atoms. The van der Waals surface area contributed by atoms with Gasteiger partial charge in [0.15, 0.2) is 11.5 Å². The van der Waals surface area contributed by atoms with Crippen molar-refractivity contribution in [3.8, 4) is 23.3 Å². The van der Waals surface area contributed by atoms with E-state index in [9.17, 15) is 27.6 Å². The lowest BCUT2D eigenvalue weighted by Crippen LogP contribution is -2.69. The monoisotopic (exact) mass is 580 g/mol. The topological polar surface area (TPSA) is 76.2 Å². The molecule has 2 aromatic carbocycles. The minimum Gasteiger partial charge on any atom is -0.483 e. The third kappa shape index (κ3) is 4.55. The van der Waals surface area contributed by atoms with Gasteiger partial charge >= 0.3 is 12.1 Å². The average molecular weight is 581 g/mol. The number of hydrogen-bond acceptors (Lipinski definition) is 6. The van der Waals surface area contributed by atoms with Gasteiger partial charge < -0.3 is 14.4 Å². The molecule has 1 saturated heterocycles. The Bertz CT molecular complexity index is 1530. The number of carbonyl (C=O) groups is 3. The molecule has 2 aliphatic heterocycles. The van der Waals surface area contributed by atoms with E-state index in [1.54, 1.807) is 24.9 Å². The van der Waals surface area contributed by atoms with Crippen LogP contribution in [0.4, 0.5) is 13.2 Å². The van der Waals surface area contributed by atoms with Crippen molar-refractivity contribution >= 4 is 17.7 Å². The number of ether oxygens (including phenoxy) is 2. The van der Waals surface area contributed by atoms with Crippen LogP contribution in [0.15, 0.2) is 36.4 Å². The summed E-state index contributed by atoms with van der Waals surface area (Å²) in [6.07, 6.45) is -1.91. The molecule has 5 atom stereocenters. The number of Topliss-reactive ketones (excluding diaryl/α,β-unsaturated/α-hetero) is 1. The fourth-order valence-corrected chi connectivity index (χ4v) is 7.81. The maximum Gasteiger partial charge on any atom is 0.416 e. The Morgan fingerprint density at radius 3 is 2.52 bits per heavy atom. The first-order valence-corrected chi connectivity index (χ1v) is 14.1. The summed E-state index contributed by atoms with van der Waals surface area (Å²) in [4.78, 5) is 41.2. The number of esters is 1. The molecule has 2 heterocycles. The smallest absolute Gasteiger partial charge is 0.416 e. The lowest BCUT2D eigenvalue weighted by atomic mass is 9.51. The van der Waals surface area contributed by atoms with Gasteiger partial charge in [0, 0.05) is 42.5 Å². The zero-order valence-electron chi connectivity index (χ0n) is 23.6. The van der Waals surface area contributed by atoms with Gasteiger partial charge in [0.1, 0.15) is 11.9 Å². The number of benzene rings is 2. The highest BCUT2D eigenvalue weighted by Gasteiger charge is 2.66. The van der Waals surface area contributed by atoms with E-state index in [1.807, 2.05) is 6.07 Å². The van der Waals surface area contributed by atoms with Crippen LogP contribution < -0.4 is 9.47 Å². The standard InChI is InChI=1S/C32H31F3N2O5/c1-18(38)17-37-15-14-31-23-10-11-24(36(3)27(40)13-6-20-4-8-22(9-5-20)32(33,34)35)30(31)42-29-26(41-19(2)39)12-7-21(28(29)31)16-25(23)37/h4-5,7-9,12,23-25,30H,10-11,14-17H2,1-3H3/t23-,24+,25+,30-,31-/m0/s1. The van der Waals surface area contributed by atoms with Crippen LogP contribution in [-0.4, -0.2) is 65.8 Å². The zero-order chi connectivity index (χ0) is 30.0. The van der Waals surface area contributed by atoms with E-state index in [1.165, 1.54) is 19.1 Å². The Hall–Kier alpha value is -3.84. The molecule has 0 N–H and O–H groups in total. The number of likely N-dealkylation sites (N-methyl/N-ethyl adjacent to an activating group) is 1. The van der Waals surface area contributed by atoms with Gasteiger partial charge in [-0.3, -0.25) is 19.3 Å². The summed E-state index contributed by atoms with van der Waals surface area (Å²) in [5.74, 6) is 5.61. The van der Waals surface area contributed by atoms with E-state index in [-0.39, 0.29) is 23.8 Å². The first-order valence-electron chi connectivity index (χ1n) is 14.1. The number of piperidine rings is 1. The number of alkyl halides is 3. The van der Waals surface area contributed by atoms with E-state index >= 15 is 0 Å². The van der Waals surface area contributed by atoms with Crippen LogP contribution in [0.1, 0.15) is 55.4 Å². The molecule has 220 valence electrons. The number of halogens is 3. The molecule has 10 heteroatoms. The molecule has 2 fully saturated rings. The molecule has 2 aromatic rings. The van der Waals surface area contributed by atoms with Gasteiger partial charge in [-0.05, 0) is 81.0 Å². The molecular formula is C32H31F3N2O5. The second-order valence-electron chi connectivity index (χ2n) is 11.8.